The normalized spacial score (nSPS) is 17.5. The molecule has 1 fully saturated rings. The number of hydrogen-bond donors (Lipinski definition) is 2. The molecule has 2 rings (SSSR count). The minimum absolute atomic E-state index is 0.0465. The first kappa shape index (κ1) is 18.3. The van der Waals surface area contributed by atoms with Gasteiger partial charge in [0.05, 0.1) is 0 Å². The van der Waals surface area contributed by atoms with E-state index in [1.165, 1.54) is 5.56 Å². The smallest absolute Gasteiger partial charge is 0.123 e. The predicted octanol–water partition coefficient (Wildman–Crippen LogP) is 3.43. The topological polar surface area (TPSA) is 35.5 Å². The molecule has 3 nitrogen and oxygen atoms in total. The summed E-state index contributed by atoms with van der Waals surface area (Å²) in [5.41, 5.74) is 3.39. The first-order valence-corrected chi connectivity index (χ1v) is 8.89. The van der Waals surface area contributed by atoms with E-state index >= 15 is 0 Å². The van der Waals surface area contributed by atoms with Crippen LogP contribution >= 0.6 is 0 Å². The number of piperazine rings is 1. The van der Waals surface area contributed by atoms with Gasteiger partial charge in [-0.3, -0.25) is 0 Å². The third kappa shape index (κ3) is 4.71. The highest BCUT2D eigenvalue weighted by atomic mass is 16.3. The SMILES string of the molecule is CC(C)(C)c1cc(CCN2CCNCC2)cc(C(C)(C)C)c1O. The standard InChI is InChI=1S/C20H34N2O/c1-19(2,3)16-13-15(7-10-22-11-8-21-9-12-22)14-17(18(16)23)20(4,5)6/h13-14,21,23H,7-12H2,1-6H3. The van der Waals surface area contributed by atoms with Crippen molar-refractivity contribution in [1.82, 2.24) is 10.2 Å². The van der Waals surface area contributed by atoms with Crippen LogP contribution in [0.15, 0.2) is 12.1 Å². The Hall–Kier alpha value is -1.06. The van der Waals surface area contributed by atoms with Crippen LogP contribution in [0, 0.1) is 0 Å². The Morgan fingerprint density at radius 3 is 1.87 bits per heavy atom. The minimum atomic E-state index is -0.0465. The lowest BCUT2D eigenvalue weighted by Crippen LogP contribution is -2.44. The molecular weight excluding hydrogens is 284 g/mol. The van der Waals surface area contributed by atoms with Crippen molar-refractivity contribution in [3.05, 3.63) is 28.8 Å². The summed E-state index contributed by atoms with van der Waals surface area (Å²) >= 11 is 0. The van der Waals surface area contributed by atoms with Gasteiger partial charge in [0.2, 0.25) is 0 Å². The van der Waals surface area contributed by atoms with Crippen LogP contribution in [0.25, 0.3) is 0 Å². The fourth-order valence-corrected chi connectivity index (χ4v) is 3.20. The van der Waals surface area contributed by atoms with E-state index in [0.29, 0.717) is 5.75 Å². The molecule has 2 N–H and O–H groups in total. The molecule has 0 unspecified atom stereocenters. The molecule has 1 saturated heterocycles. The predicted molar refractivity (Wildman–Crippen MR) is 98.5 cm³/mol. The van der Waals surface area contributed by atoms with E-state index in [-0.39, 0.29) is 10.8 Å². The Morgan fingerprint density at radius 2 is 1.43 bits per heavy atom. The Kier molecular flexibility index (Phi) is 5.42. The number of aromatic hydroxyl groups is 1. The third-order valence-corrected chi connectivity index (χ3v) is 4.71. The van der Waals surface area contributed by atoms with Crippen LogP contribution in [-0.2, 0) is 17.3 Å². The summed E-state index contributed by atoms with van der Waals surface area (Å²) in [7, 11) is 0. The summed E-state index contributed by atoms with van der Waals surface area (Å²) in [4.78, 5) is 2.52. The van der Waals surface area contributed by atoms with Gasteiger partial charge >= 0.3 is 0 Å². The van der Waals surface area contributed by atoms with Crippen LogP contribution in [-0.4, -0.2) is 42.7 Å². The molecule has 1 aromatic carbocycles. The maximum absolute atomic E-state index is 10.8. The highest BCUT2D eigenvalue weighted by Gasteiger charge is 2.26. The average molecular weight is 319 g/mol. The molecule has 23 heavy (non-hydrogen) atoms. The lowest BCUT2D eigenvalue weighted by molar-refractivity contribution is 0.244. The zero-order valence-electron chi connectivity index (χ0n) is 15.8. The molecule has 1 heterocycles. The van der Waals surface area contributed by atoms with Crippen molar-refractivity contribution in [2.75, 3.05) is 32.7 Å². The van der Waals surface area contributed by atoms with Gasteiger partial charge in [0.1, 0.15) is 5.75 Å². The summed E-state index contributed by atoms with van der Waals surface area (Å²) in [5.74, 6) is 0.482. The molecule has 3 heteroatoms. The van der Waals surface area contributed by atoms with Gasteiger partial charge in [0.25, 0.3) is 0 Å². The highest BCUT2D eigenvalue weighted by Crippen LogP contribution is 2.39. The van der Waals surface area contributed by atoms with Gasteiger partial charge in [-0.25, -0.2) is 0 Å². The molecule has 1 aliphatic heterocycles. The van der Waals surface area contributed by atoms with Crippen molar-refractivity contribution in [2.24, 2.45) is 0 Å². The molecule has 0 radical (unpaired) electrons. The molecule has 0 amide bonds. The zero-order chi connectivity index (χ0) is 17.3. The number of phenolic OH excluding ortho intramolecular Hbond substituents is 1. The van der Waals surface area contributed by atoms with Gasteiger partial charge in [-0.15, -0.1) is 0 Å². The second-order valence-electron chi connectivity index (χ2n) is 8.88. The van der Waals surface area contributed by atoms with E-state index in [2.05, 4.69) is 63.9 Å². The van der Waals surface area contributed by atoms with E-state index in [1.807, 2.05) is 0 Å². The largest absolute Gasteiger partial charge is 0.507 e. The molecule has 130 valence electrons. The Morgan fingerprint density at radius 1 is 0.957 bits per heavy atom. The maximum Gasteiger partial charge on any atom is 0.123 e. The van der Waals surface area contributed by atoms with Gasteiger partial charge < -0.3 is 15.3 Å². The first-order valence-electron chi connectivity index (χ1n) is 8.89. The van der Waals surface area contributed by atoms with Gasteiger partial charge in [-0.1, -0.05) is 53.7 Å². The molecule has 0 saturated carbocycles. The van der Waals surface area contributed by atoms with Crippen molar-refractivity contribution in [2.45, 2.75) is 58.8 Å². The van der Waals surface area contributed by atoms with Crippen molar-refractivity contribution in [3.63, 3.8) is 0 Å². The summed E-state index contributed by atoms with van der Waals surface area (Å²) in [5, 5.41) is 14.2. The lowest BCUT2D eigenvalue weighted by Gasteiger charge is -2.30. The monoisotopic (exact) mass is 318 g/mol. The van der Waals surface area contributed by atoms with Crippen molar-refractivity contribution < 1.29 is 5.11 Å². The average Bonchev–Trinajstić information content (AvgIpc) is 2.44. The van der Waals surface area contributed by atoms with Crippen LogP contribution in [0.5, 0.6) is 5.75 Å². The molecule has 0 atom stereocenters. The molecule has 0 aliphatic carbocycles. The highest BCUT2D eigenvalue weighted by molar-refractivity contribution is 5.49. The van der Waals surface area contributed by atoms with E-state index in [0.717, 1.165) is 50.3 Å². The van der Waals surface area contributed by atoms with Crippen LogP contribution in [0.2, 0.25) is 0 Å². The fourth-order valence-electron chi connectivity index (χ4n) is 3.20. The maximum atomic E-state index is 10.8. The van der Waals surface area contributed by atoms with Crippen LogP contribution in [0.1, 0.15) is 58.2 Å². The molecular formula is C20H34N2O. The van der Waals surface area contributed by atoms with Gasteiger partial charge in [-0.05, 0) is 33.9 Å². The van der Waals surface area contributed by atoms with Crippen molar-refractivity contribution in [1.29, 1.82) is 0 Å². The number of hydrogen-bond acceptors (Lipinski definition) is 3. The summed E-state index contributed by atoms with van der Waals surface area (Å²) in [6, 6.07) is 4.43. The Balaban J connectivity index is 2.28. The van der Waals surface area contributed by atoms with Gasteiger partial charge in [-0.2, -0.15) is 0 Å². The fraction of sp³-hybridized carbons (Fsp3) is 0.700. The first-order chi connectivity index (χ1) is 10.6. The van der Waals surface area contributed by atoms with Crippen LogP contribution in [0.4, 0.5) is 0 Å². The number of phenols is 1. The molecule has 1 aromatic rings. The quantitative estimate of drug-likeness (QED) is 0.896. The van der Waals surface area contributed by atoms with E-state index < -0.39 is 0 Å². The second kappa shape index (κ2) is 6.82. The molecule has 0 aromatic heterocycles. The van der Waals surface area contributed by atoms with E-state index in [1.54, 1.807) is 0 Å². The van der Waals surface area contributed by atoms with Crippen molar-refractivity contribution >= 4 is 0 Å². The van der Waals surface area contributed by atoms with Crippen LogP contribution in [0.3, 0.4) is 0 Å². The van der Waals surface area contributed by atoms with E-state index in [4.69, 9.17) is 0 Å². The van der Waals surface area contributed by atoms with Crippen molar-refractivity contribution in [3.8, 4) is 5.75 Å². The Bertz CT molecular complexity index is 497. The zero-order valence-corrected chi connectivity index (χ0v) is 15.8. The molecule has 0 bridgehead atoms. The molecule has 0 spiro atoms. The van der Waals surface area contributed by atoms with E-state index in [9.17, 15) is 5.11 Å². The lowest BCUT2D eigenvalue weighted by atomic mass is 9.78. The number of benzene rings is 1. The minimum Gasteiger partial charge on any atom is -0.507 e. The summed E-state index contributed by atoms with van der Waals surface area (Å²) < 4.78 is 0. The van der Waals surface area contributed by atoms with Gasteiger partial charge in [0.15, 0.2) is 0 Å². The van der Waals surface area contributed by atoms with Gasteiger partial charge in [0, 0.05) is 32.7 Å². The molecule has 1 aliphatic rings. The number of nitrogens with zero attached hydrogens (tertiary/aromatic N) is 1. The Labute approximate surface area is 142 Å². The third-order valence-electron chi connectivity index (χ3n) is 4.71. The van der Waals surface area contributed by atoms with Crippen LogP contribution < -0.4 is 5.32 Å². The summed E-state index contributed by atoms with van der Waals surface area (Å²) in [6.07, 6.45) is 1.05. The second-order valence-corrected chi connectivity index (χ2v) is 8.88. The number of rotatable bonds is 3. The number of nitrogens with one attached hydrogen (secondary N) is 1. The summed E-state index contributed by atoms with van der Waals surface area (Å²) in [6.45, 7) is 18.6.